The van der Waals surface area contributed by atoms with Gasteiger partial charge in [-0.05, 0) is 123 Å². The van der Waals surface area contributed by atoms with Crippen molar-refractivity contribution in [3.63, 3.8) is 0 Å². The first kappa shape index (κ1) is 38.7. The summed E-state index contributed by atoms with van der Waals surface area (Å²) in [5, 5.41) is 5.06. The minimum atomic E-state index is 0.948. The molecule has 0 radical (unpaired) electrons. The second-order valence-electron chi connectivity index (χ2n) is 16.4. The van der Waals surface area contributed by atoms with Gasteiger partial charge in [0.25, 0.3) is 0 Å². The van der Waals surface area contributed by atoms with Crippen molar-refractivity contribution in [2.45, 2.75) is 12.8 Å². The molecule has 0 heterocycles. The van der Waals surface area contributed by atoms with E-state index in [2.05, 4.69) is 265 Å². The van der Waals surface area contributed by atoms with Gasteiger partial charge in [0.2, 0.25) is 0 Å². The van der Waals surface area contributed by atoms with Gasteiger partial charge in [0, 0.05) is 39.1 Å². The molecule has 11 rings (SSSR count). The molecule has 0 unspecified atom stereocenters. The highest BCUT2D eigenvalue weighted by Crippen LogP contribution is 2.43. The van der Waals surface area contributed by atoms with E-state index in [0.717, 1.165) is 35.6 Å². The molecule has 10 aromatic rings. The lowest BCUT2D eigenvalue weighted by Crippen LogP contribution is -2.37. The molecule has 0 atom stereocenters. The molecular weight excluding hydrogens is 773 g/mol. The Morgan fingerprint density at radius 2 is 0.656 bits per heavy atom. The van der Waals surface area contributed by atoms with Gasteiger partial charge in [-0.2, -0.15) is 0 Å². The van der Waals surface area contributed by atoms with E-state index in [9.17, 15) is 0 Å². The maximum Gasteiger partial charge on any atom is 0.0540 e. The Morgan fingerprint density at radius 1 is 0.250 bits per heavy atom. The summed E-state index contributed by atoms with van der Waals surface area (Å²) >= 11 is 0. The minimum absolute atomic E-state index is 0.948. The highest BCUT2D eigenvalue weighted by Gasteiger charge is 2.21. The molecule has 0 fully saturated rings. The van der Waals surface area contributed by atoms with Crippen LogP contribution in [0.25, 0.3) is 55.4 Å². The molecule has 0 aliphatic heterocycles. The Morgan fingerprint density at radius 3 is 1.22 bits per heavy atom. The molecular formula is C62H46N2. The molecule has 2 heteroatoms. The SMILES string of the molecule is c1ccc(C2=c3ccccc3=C(N(c3ccccc3)c3ccc(-c4ccc(-c5ccc(N(c6ccccc6)c6ccc(-c7ccccc7)c7ccccc67)cc5)cc4)cc3)CC2)cc1. The number of nitrogens with zero attached hydrogens (tertiary/aromatic N) is 2. The van der Waals surface area contributed by atoms with E-state index in [1.165, 1.54) is 77.1 Å². The van der Waals surface area contributed by atoms with E-state index in [-0.39, 0.29) is 0 Å². The molecule has 1 aliphatic carbocycles. The van der Waals surface area contributed by atoms with E-state index in [1.54, 1.807) is 0 Å². The fourth-order valence-corrected chi connectivity index (χ4v) is 9.53. The molecule has 0 bridgehead atoms. The second-order valence-corrected chi connectivity index (χ2v) is 16.4. The van der Waals surface area contributed by atoms with Crippen LogP contribution >= 0.6 is 0 Å². The molecule has 64 heavy (non-hydrogen) atoms. The van der Waals surface area contributed by atoms with E-state index in [1.807, 2.05) is 0 Å². The molecule has 0 amide bonds. The Bertz CT molecular complexity index is 3330. The normalized spacial score (nSPS) is 12.2. The maximum absolute atomic E-state index is 2.46. The van der Waals surface area contributed by atoms with Crippen LogP contribution in [0.3, 0.4) is 0 Å². The van der Waals surface area contributed by atoms with Crippen molar-refractivity contribution < 1.29 is 0 Å². The predicted molar refractivity (Wildman–Crippen MR) is 271 cm³/mol. The first-order chi connectivity index (χ1) is 31.8. The Kier molecular flexibility index (Phi) is 10.5. The first-order valence-corrected chi connectivity index (χ1v) is 22.2. The third kappa shape index (κ3) is 7.46. The summed E-state index contributed by atoms with van der Waals surface area (Å²) < 4.78 is 0. The van der Waals surface area contributed by atoms with Gasteiger partial charge in [-0.3, -0.25) is 0 Å². The fraction of sp³-hybridized carbons (Fsp3) is 0.0323. The second kappa shape index (κ2) is 17.3. The first-order valence-electron chi connectivity index (χ1n) is 22.2. The van der Waals surface area contributed by atoms with Gasteiger partial charge in [0.15, 0.2) is 0 Å². The average Bonchev–Trinajstić information content (AvgIpc) is 3.38. The van der Waals surface area contributed by atoms with Gasteiger partial charge in [0.05, 0.1) is 5.69 Å². The van der Waals surface area contributed by atoms with Crippen molar-refractivity contribution in [3.8, 4) is 33.4 Å². The molecule has 0 N–H and O–H groups in total. The van der Waals surface area contributed by atoms with Gasteiger partial charge >= 0.3 is 0 Å². The Balaban J connectivity index is 0.895. The molecule has 2 nitrogen and oxygen atoms in total. The van der Waals surface area contributed by atoms with Crippen LogP contribution in [0.2, 0.25) is 0 Å². The number of hydrogen-bond acceptors (Lipinski definition) is 2. The summed E-state index contributed by atoms with van der Waals surface area (Å²) in [5.41, 5.74) is 16.9. The Hall–Kier alpha value is -8.20. The van der Waals surface area contributed by atoms with Gasteiger partial charge in [-0.15, -0.1) is 0 Å². The van der Waals surface area contributed by atoms with E-state index in [4.69, 9.17) is 0 Å². The van der Waals surface area contributed by atoms with Crippen LogP contribution in [-0.4, -0.2) is 0 Å². The third-order valence-electron chi connectivity index (χ3n) is 12.6. The van der Waals surface area contributed by atoms with E-state index < -0.39 is 0 Å². The smallest absolute Gasteiger partial charge is 0.0540 e. The van der Waals surface area contributed by atoms with Crippen molar-refractivity contribution in [1.82, 2.24) is 0 Å². The Labute approximate surface area is 375 Å². The zero-order chi connectivity index (χ0) is 42.7. The number of para-hydroxylation sites is 2. The summed E-state index contributed by atoms with van der Waals surface area (Å²) in [4.78, 5) is 4.83. The lowest BCUT2D eigenvalue weighted by atomic mass is 9.91. The molecule has 1 aliphatic rings. The third-order valence-corrected chi connectivity index (χ3v) is 12.6. The predicted octanol–water partition coefficient (Wildman–Crippen LogP) is 15.2. The molecule has 0 spiro atoms. The molecule has 0 saturated heterocycles. The van der Waals surface area contributed by atoms with E-state index in [0.29, 0.717) is 0 Å². The summed E-state index contributed by atoms with van der Waals surface area (Å²) in [6, 6.07) is 92.2. The molecule has 0 saturated carbocycles. The van der Waals surface area contributed by atoms with Crippen LogP contribution in [0.1, 0.15) is 18.4 Å². The van der Waals surface area contributed by atoms with Crippen LogP contribution in [-0.2, 0) is 0 Å². The fourth-order valence-electron chi connectivity index (χ4n) is 9.53. The van der Waals surface area contributed by atoms with Crippen molar-refractivity contribution in [1.29, 1.82) is 0 Å². The lowest BCUT2D eigenvalue weighted by molar-refractivity contribution is 1.000. The number of benzene rings is 10. The highest BCUT2D eigenvalue weighted by atomic mass is 15.2. The van der Waals surface area contributed by atoms with E-state index >= 15 is 0 Å². The monoisotopic (exact) mass is 818 g/mol. The van der Waals surface area contributed by atoms with Gasteiger partial charge in [-0.25, -0.2) is 0 Å². The van der Waals surface area contributed by atoms with Gasteiger partial charge in [-0.1, -0.05) is 200 Å². The highest BCUT2D eigenvalue weighted by molar-refractivity contribution is 6.06. The largest absolute Gasteiger partial charge is 0.314 e. The number of anilines is 5. The van der Waals surface area contributed by atoms with Gasteiger partial charge < -0.3 is 9.80 Å². The summed E-state index contributed by atoms with van der Waals surface area (Å²) in [6.07, 6.45) is 1.93. The minimum Gasteiger partial charge on any atom is -0.314 e. The molecule has 10 aromatic carbocycles. The van der Waals surface area contributed by atoms with Crippen LogP contribution in [0.5, 0.6) is 0 Å². The lowest BCUT2D eigenvalue weighted by Gasteiger charge is -2.31. The number of hydrogen-bond donors (Lipinski definition) is 0. The standard InChI is InChI=1S/C62H46N2/c1-5-17-49(18-6-1)55-41-43-61(59-27-15-13-25-57(55)59)63(51-21-9-3-10-22-51)53-37-33-47(34-38-53)45-29-31-46(32-30-45)48-35-39-54(40-36-48)64(52-23-11-4-12-24-52)62-44-42-56(50-19-7-2-8-20-50)58-26-14-16-28-60(58)62/h1-41,43H,42,44H2. The molecule has 304 valence electrons. The summed E-state index contributed by atoms with van der Waals surface area (Å²) in [6.45, 7) is 0. The number of rotatable bonds is 10. The van der Waals surface area contributed by atoms with Crippen LogP contribution in [0.15, 0.2) is 255 Å². The van der Waals surface area contributed by atoms with Crippen molar-refractivity contribution in [3.05, 3.63) is 271 Å². The average molecular weight is 819 g/mol. The van der Waals surface area contributed by atoms with Crippen molar-refractivity contribution in [2.24, 2.45) is 0 Å². The summed E-state index contributed by atoms with van der Waals surface area (Å²) in [5.74, 6) is 0. The maximum atomic E-state index is 2.46. The van der Waals surface area contributed by atoms with Crippen LogP contribution < -0.4 is 20.2 Å². The summed E-state index contributed by atoms with van der Waals surface area (Å²) in [7, 11) is 0. The van der Waals surface area contributed by atoms with Crippen LogP contribution in [0, 0.1) is 0 Å². The number of fused-ring (bicyclic) bond motifs is 2. The molecule has 0 aromatic heterocycles. The topological polar surface area (TPSA) is 6.48 Å². The van der Waals surface area contributed by atoms with Crippen molar-refractivity contribution >= 4 is 50.5 Å². The quantitative estimate of drug-likeness (QED) is 0.136. The zero-order valence-corrected chi connectivity index (χ0v) is 35.6. The zero-order valence-electron chi connectivity index (χ0n) is 35.6. The van der Waals surface area contributed by atoms with Crippen LogP contribution in [0.4, 0.5) is 28.4 Å². The van der Waals surface area contributed by atoms with Gasteiger partial charge in [0.1, 0.15) is 0 Å². The van der Waals surface area contributed by atoms with Crippen molar-refractivity contribution in [2.75, 3.05) is 9.80 Å².